The molecule has 2 aromatic rings. The molecular weight excluding hydrogens is 278 g/mol. The fourth-order valence-electron chi connectivity index (χ4n) is 1.54. The minimum Gasteiger partial charge on any atom is -0.495 e. The van der Waals surface area contributed by atoms with E-state index >= 15 is 0 Å². The van der Waals surface area contributed by atoms with Gasteiger partial charge in [-0.05, 0) is 18.2 Å². The Hall–Kier alpha value is -2.22. The summed E-state index contributed by atoms with van der Waals surface area (Å²) in [5, 5.41) is 11.1. The van der Waals surface area contributed by atoms with Crippen molar-refractivity contribution >= 4 is 29.0 Å². The van der Waals surface area contributed by atoms with Crippen molar-refractivity contribution in [1.82, 2.24) is 14.8 Å². The van der Waals surface area contributed by atoms with Crippen LogP contribution in [0.1, 0.15) is 0 Å². The number of nitrogen functional groups attached to an aromatic ring is 1. The van der Waals surface area contributed by atoms with Gasteiger partial charge in [-0.1, -0.05) is 11.8 Å². The van der Waals surface area contributed by atoms with Gasteiger partial charge >= 0.3 is 0 Å². The molecular formula is C12H15N5O2S. The highest BCUT2D eigenvalue weighted by Crippen LogP contribution is 2.26. The summed E-state index contributed by atoms with van der Waals surface area (Å²) in [5.74, 6) is 0.628. The lowest BCUT2D eigenvalue weighted by Gasteiger charge is -2.10. The molecule has 1 amide bonds. The van der Waals surface area contributed by atoms with Crippen molar-refractivity contribution in [3.05, 3.63) is 24.5 Å². The Balaban J connectivity index is 1.98. The van der Waals surface area contributed by atoms with Crippen molar-refractivity contribution in [2.24, 2.45) is 7.05 Å². The average molecular weight is 293 g/mol. The molecule has 106 valence electrons. The predicted molar refractivity (Wildman–Crippen MR) is 77.8 cm³/mol. The number of rotatable bonds is 5. The molecule has 7 nitrogen and oxygen atoms in total. The second-order valence-corrected chi connectivity index (χ2v) is 4.96. The van der Waals surface area contributed by atoms with Crippen LogP contribution in [-0.4, -0.2) is 33.5 Å². The number of carbonyl (C=O) groups is 1. The Morgan fingerprint density at radius 2 is 2.35 bits per heavy atom. The average Bonchev–Trinajstić information content (AvgIpc) is 2.82. The van der Waals surface area contributed by atoms with Crippen molar-refractivity contribution in [1.29, 1.82) is 0 Å². The van der Waals surface area contributed by atoms with Crippen LogP contribution in [0.15, 0.2) is 29.7 Å². The summed E-state index contributed by atoms with van der Waals surface area (Å²) in [5.41, 5.74) is 6.80. The fourth-order valence-corrected chi connectivity index (χ4v) is 2.23. The largest absolute Gasteiger partial charge is 0.495 e. The molecule has 0 fully saturated rings. The van der Waals surface area contributed by atoms with Gasteiger partial charge in [0, 0.05) is 12.7 Å². The lowest BCUT2D eigenvalue weighted by atomic mass is 10.2. The Labute approximate surface area is 120 Å². The number of anilines is 2. The van der Waals surface area contributed by atoms with Crippen LogP contribution in [0.3, 0.4) is 0 Å². The highest BCUT2D eigenvalue weighted by Gasteiger charge is 2.10. The van der Waals surface area contributed by atoms with Gasteiger partial charge < -0.3 is 20.4 Å². The molecule has 0 radical (unpaired) electrons. The second-order valence-electron chi connectivity index (χ2n) is 4.02. The number of nitrogens with one attached hydrogen (secondary N) is 1. The quantitative estimate of drug-likeness (QED) is 0.634. The Morgan fingerprint density at radius 1 is 1.55 bits per heavy atom. The van der Waals surface area contributed by atoms with Gasteiger partial charge in [0.1, 0.15) is 12.1 Å². The summed E-state index contributed by atoms with van der Waals surface area (Å²) in [4.78, 5) is 11.9. The summed E-state index contributed by atoms with van der Waals surface area (Å²) >= 11 is 1.30. The lowest BCUT2D eigenvalue weighted by Crippen LogP contribution is -2.15. The van der Waals surface area contributed by atoms with Crippen LogP contribution in [0.25, 0.3) is 0 Å². The van der Waals surface area contributed by atoms with Gasteiger partial charge in [-0.2, -0.15) is 0 Å². The molecule has 2 rings (SSSR count). The van der Waals surface area contributed by atoms with Crippen molar-refractivity contribution in [2.45, 2.75) is 5.16 Å². The van der Waals surface area contributed by atoms with Gasteiger partial charge in [-0.3, -0.25) is 4.79 Å². The number of ether oxygens (including phenoxy) is 1. The topological polar surface area (TPSA) is 95.1 Å². The molecule has 0 atom stereocenters. The zero-order valence-electron chi connectivity index (χ0n) is 11.2. The molecule has 0 aliphatic heterocycles. The van der Waals surface area contributed by atoms with E-state index < -0.39 is 0 Å². The monoisotopic (exact) mass is 293 g/mol. The molecule has 1 heterocycles. The number of aromatic nitrogens is 3. The third-order valence-electron chi connectivity index (χ3n) is 2.50. The number of amides is 1. The van der Waals surface area contributed by atoms with E-state index in [1.54, 1.807) is 29.1 Å². The number of nitrogens with zero attached hydrogens (tertiary/aromatic N) is 3. The predicted octanol–water partition coefficient (Wildman–Crippen LogP) is 1.14. The number of carbonyl (C=O) groups excluding carboxylic acids is 1. The number of thioether (sulfide) groups is 1. The maximum atomic E-state index is 11.9. The molecule has 3 N–H and O–H groups in total. The Bertz CT molecular complexity index is 614. The van der Waals surface area contributed by atoms with Gasteiger partial charge in [0.15, 0.2) is 5.16 Å². The van der Waals surface area contributed by atoms with Gasteiger partial charge in [0.25, 0.3) is 0 Å². The molecule has 0 aliphatic rings. The highest BCUT2D eigenvalue weighted by atomic mass is 32.2. The molecule has 8 heteroatoms. The van der Waals surface area contributed by atoms with Crippen molar-refractivity contribution in [3.8, 4) is 5.75 Å². The number of hydrogen-bond acceptors (Lipinski definition) is 6. The van der Waals surface area contributed by atoms with Crippen LogP contribution < -0.4 is 15.8 Å². The molecule has 0 aliphatic carbocycles. The smallest absolute Gasteiger partial charge is 0.234 e. The third-order valence-corrected chi connectivity index (χ3v) is 3.53. The molecule has 0 saturated heterocycles. The summed E-state index contributed by atoms with van der Waals surface area (Å²) in [6.07, 6.45) is 1.58. The minimum absolute atomic E-state index is 0.165. The van der Waals surface area contributed by atoms with E-state index in [0.29, 0.717) is 22.3 Å². The van der Waals surface area contributed by atoms with E-state index in [2.05, 4.69) is 15.5 Å². The van der Waals surface area contributed by atoms with E-state index in [-0.39, 0.29) is 11.7 Å². The standard InChI is InChI=1S/C12H15N5O2S/c1-17-7-14-16-12(17)20-6-11(18)15-9-5-8(13)3-4-10(9)19-2/h3-5,7H,6,13H2,1-2H3,(H,15,18). The van der Waals surface area contributed by atoms with Gasteiger partial charge in [0.05, 0.1) is 18.6 Å². The first-order valence-corrected chi connectivity index (χ1v) is 6.79. The van der Waals surface area contributed by atoms with Crippen molar-refractivity contribution < 1.29 is 9.53 Å². The first-order valence-electron chi connectivity index (χ1n) is 5.80. The van der Waals surface area contributed by atoms with Crippen LogP contribution in [0.2, 0.25) is 0 Å². The van der Waals surface area contributed by atoms with Crippen molar-refractivity contribution in [3.63, 3.8) is 0 Å². The Morgan fingerprint density at radius 3 is 3.00 bits per heavy atom. The maximum absolute atomic E-state index is 11.9. The van der Waals surface area contributed by atoms with E-state index in [9.17, 15) is 4.79 Å². The maximum Gasteiger partial charge on any atom is 0.234 e. The molecule has 0 saturated carbocycles. The number of benzene rings is 1. The molecule has 0 bridgehead atoms. The van der Waals surface area contributed by atoms with Crippen molar-refractivity contribution in [2.75, 3.05) is 23.9 Å². The number of nitrogens with two attached hydrogens (primary N) is 1. The third kappa shape index (κ3) is 3.41. The van der Waals surface area contributed by atoms with E-state index in [1.165, 1.54) is 18.9 Å². The lowest BCUT2D eigenvalue weighted by molar-refractivity contribution is -0.113. The zero-order valence-corrected chi connectivity index (χ0v) is 12.0. The normalized spacial score (nSPS) is 10.3. The van der Waals surface area contributed by atoms with Gasteiger partial charge in [-0.15, -0.1) is 10.2 Å². The highest BCUT2D eigenvalue weighted by molar-refractivity contribution is 7.99. The molecule has 0 unspecified atom stereocenters. The van der Waals surface area contributed by atoms with Crippen LogP contribution in [0.4, 0.5) is 11.4 Å². The van der Waals surface area contributed by atoms with Crippen LogP contribution in [-0.2, 0) is 11.8 Å². The number of methoxy groups -OCH3 is 1. The zero-order chi connectivity index (χ0) is 14.5. The number of hydrogen-bond donors (Lipinski definition) is 2. The van der Waals surface area contributed by atoms with Crippen LogP contribution >= 0.6 is 11.8 Å². The SMILES string of the molecule is COc1ccc(N)cc1NC(=O)CSc1nncn1C. The van der Waals surface area contributed by atoms with E-state index in [1.807, 2.05) is 7.05 Å². The molecule has 0 spiro atoms. The summed E-state index contributed by atoms with van der Waals surface area (Å²) < 4.78 is 6.92. The van der Waals surface area contributed by atoms with E-state index in [4.69, 9.17) is 10.5 Å². The molecule has 1 aromatic heterocycles. The Kier molecular flexibility index (Phi) is 4.46. The van der Waals surface area contributed by atoms with E-state index in [0.717, 1.165) is 0 Å². The first kappa shape index (κ1) is 14.2. The summed E-state index contributed by atoms with van der Waals surface area (Å²) in [6, 6.07) is 5.08. The van der Waals surface area contributed by atoms with Gasteiger partial charge in [-0.25, -0.2) is 0 Å². The second kappa shape index (κ2) is 6.29. The molecule has 1 aromatic carbocycles. The minimum atomic E-state index is -0.165. The summed E-state index contributed by atoms with van der Waals surface area (Å²) in [6.45, 7) is 0. The fraction of sp³-hybridized carbons (Fsp3) is 0.250. The van der Waals surface area contributed by atoms with Gasteiger partial charge in [0.2, 0.25) is 5.91 Å². The van der Waals surface area contributed by atoms with Crippen LogP contribution in [0.5, 0.6) is 5.75 Å². The number of aryl methyl sites for hydroxylation is 1. The summed E-state index contributed by atoms with van der Waals surface area (Å²) in [7, 11) is 3.36. The van der Waals surface area contributed by atoms with Crippen LogP contribution in [0, 0.1) is 0 Å². The molecule has 20 heavy (non-hydrogen) atoms. The first-order chi connectivity index (χ1) is 9.60.